The third-order valence-electron chi connectivity index (χ3n) is 5.05. The maximum Gasteiger partial charge on any atom is 0.247 e. The summed E-state index contributed by atoms with van der Waals surface area (Å²) in [6.07, 6.45) is 2.39. The van der Waals surface area contributed by atoms with E-state index in [0.717, 1.165) is 21.2 Å². The van der Waals surface area contributed by atoms with Gasteiger partial charge in [0.1, 0.15) is 15.7 Å². The van der Waals surface area contributed by atoms with Crippen LogP contribution >= 0.6 is 23.1 Å². The molecule has 3 aromatic heterocycles. The average Bonchev–Trinajstić information content (AvgIpc) is 3.37. The van der Waals surface area contributed by atoms with Gasteiger partial charge in [-0.15, -0.1) is 21.5 Å². The van der Waals surface area contributed by atoms with Crippen molar-refractivity contribution in [2.45, 2.75) is 50.3 Å². The van der Waals surface area contributed by atoms with Gasteiger partial charge in [0, 0.05) is 21.7 Å². The molecule has 0 aliphatic heterocycles. The van der Waals surface area contributed by atoms with Gasteiger partial charge in [0.15, 0.2) is 0 Å². The van der Waals surface area contributed by atoms with Gasteiger partial charge in [-0.05, 0) is 51.3 Å². The second-order valence-corrected chi connectivity index (χ2v) is 9.45. The van der Waals surface area contributed by atoms with Crippen LogP contribution in [0.25, 0.3) is 21.7 Å². The Morgan fingerprint density at radius 3 is 2.61 bits per heavy atom. The number of hydrogen-bond donors (Lipinski definition) is 0. The van der Waals surface area contributed by atoms with Crippen LogP contribution in [0.3, 0.4) is 0 Å². The fraction of sp³-hybridized carbons (Fsp3) is 0.333. The van der Waals surface area contributed by atoms with Crippen LogP contribution in [0.1, 0.15) is 46.5 Å². The molecule has 1 aromatic carbocycles. The van der Waals surface area contributed by atoms with E-state index in [9.17, 15) is 0 Å². The van der Waals surface area contributed by atoms with E-state index in [0.29, 0.717) is 23.5 Å². The van der Waals surface area contributed by atoms with Crippen LogP contribution in [0.15, 0.2) is 33.7 Å². The second-order valence-electron chi connectivity index (χ2n) is 7.28. The van der Waals surface area contributed by atoms with E-state index in [1.807, 2.05) is 24.3 Å². The molecule has 0 amide bonds. The van der Waals surface area contributed by atoms with Gasteiger partial charge in [0.05, 0.1) is 5.75 Å². The summed E-state index contributed by atoms with van der Waals surface area (Å²) in [5.41, 5.74) is 3.43. The van der Waals surface area contributed by atoms with Crippen LogP contribution in [0, 0.1) is 20.8 Å². The van der Waals surface area contributed by atoms with Crippen LogP contribution in [0.5, 0.6) is 0 Å². The molecule has 5 rings (SSSR count). The molecule has 1 saturated carbocycles. The Morgan fingerprint density at radius 1 is 1.07 bits per heavy atom. The number of thiophene rings is 1. The minimum absolute atomic E-state index is 0.531. The Bertz CT molecular complexity index is 1160. The molecule has 0 saturated heterocycles. The minimum atomic E-state index is 0.531. The minimum Gasteiger partial charge on any atom is -0.420 e. The van der Waals surface area contributed by atoms with E-state index in [2.05, 4.69) is 31.0 Å². The van der Waals surface area contributed by atoms with Crippen molar-refractivity contribution in [3.63, 3.8) is 0 Å². The summed E-state index contributed by atoms with van der Waals surface area (Å²) < 4.78 is 5.88. The number of benzene rings is 1. The lowest BCUT2D eigenvalue weighted by atomic mass is 10.1. The van der Waals surface area contributed by atoms with Gasteiger partial charge in [0.2, 0.25) is 11.8 Å². The smallest absolute Gasteiger partial charge is 0.247 e. The fourth-order valence-corrected chi connectivity index (χ4v) is 5.14. The first-order chi connectivity index (χ1) is 13.6. The Balaban J connectivity index is 1.42. The first-order valence-electron chi connectivity index (χ1n) is 9.38. The molecule has 0 unspecified atom stereocenters. The normalized spacial score (nSPS) is 14.1. The summed E-state index contributed by atoms with van der Waals surface area (Å²) in [5, 5.41) is 10.6. The molecule has 142 valence electrons. The van der Waals surface area contributed by atoms with Crippen LogP contribution in [0.2, 0.25) is 0 Å². The number of thioether (sulfide) groups is 1. The molecule has 3 heterocycles. The maximum atomic E-state index is 5.88. The largest absolute Gasteiger partial charge is 0.420 e. The Hall–Kier alpha value is -2.25. The molecular weight excluding hydrogens is 388 g/mol. The summed E-state index contributed by atoms with van der Waals surface area (Å²) in [4.78, 5) is 12.1. The summed E-state index contributed by atoms with van der Waals surface area (Å²) >= 11 is 3.42. The number of nitrogens with zero attached hydrogens (tertiary/aromatic N) is 4. The molecule has 0 atom stereocenters. The quantitative estimate of drug-likeness (QED) is 0.305. The molecule has 4 aromatic rings. The van der Waals surface area contributed by atoms with Crippen LogP contribution in [0.4, 0.5) is 0 Å². The van der Waals surface area contributed by atoms with Gasteiger partial charge < -0.3 is 4.42 Å². The van der Waals surface area contributed by atoms with E-state index in [4.69, 9.17) is 14.4 Å². The van der Waals surface area contributed by atoms with Gasteiger partial charge in [-0.2, -0.15) is 0 Å². The Morgan fingerprint density at radius 2 is 1.86 bits per heavy atom. The topological polar surface area (TPSA) is 64.7 Å². The number of hydrogen-bond acceptors (Lipinski definition) is 7. The summed E-state index contributed by atoms with van der Waals surface area (Å²) in [6.45, 7) is 6.37. The lowest BCUT2D eigenvalue weighted by molar-refractivity contribution is 0.528. The van der Waals surface area contributed by atoms with Gasteiger partial charge in [0.25, 0.3) is 0 Å². The molecule has 1 aliphatic rings. The standard InChI is InChI=1S/C21H20N4OS2/c1-11-4-6-15(7-5-11)19-25-24-16(26-19)10-27-20-17-12(2)13(3)28-21(17)23-18(22-20)14-8-9-14/h4-7,14H,8-10H2,1-3H3. The predicted octanol–water partition coefficient (Wildman–Crippen LogP) is 5.84. The van der Waals surface area contributed by atoms with Crippen molar-refractivity contribution in [1.29, 1.82) is 0 Å². The Kier molecular flexibility index (Phi) is 4.44. The monoisotopic (exact) mass is 408 g/mol. The summed E-state index contributed by atoms with van der Waals surface area (Å²) in [7, 11) is 0. The van der Waals surface area contributed by atoms with Crippen molar-refractivity contribution >= 4 is 33.3 Å². The lowest BCUT2D eigenvalue weighted by Gasteiger charge is -2.05. The number of rotatable bonds is 5. The molecule has 1 fully saturated rings. The number of aromatic nitrogens is 4. The predicted molar refractivity (Wildman–Crippen MR) is 113 cm³/mol. The molecule has 1 aliphatic carbocycles. The van der Waals surface area contributed by atoms with Gasteiger partial charge in [-0.3, -0.25) is 0 Å². The highest BCUT2D eigenvalue weighted by atomic mass is 32.2. The third-order valence-corrected chi connectivity index (χ3v) is 7.11. The van der Waals surface area contributed by atoms with Gasteiger partial charge in [-0.1, -0.05) is 29.5 Å². The Labute approximate surface area is 171 Å². The van der Waals surface area contributed by atoms with Crippen LogP contribution < -0.4 is 0 Å². The summed E-state index contributed by atoms with van der Waals surface area (Å²) in [6, 6.07) is 8.11. The molecular formula is C21H20N4OS2. The van der Waals surface area contributed by atoms with Crippen LogP contribution in [-0.4, -0.2) is 20.2 Å². The average molecular weight is 409 g/mol. The second kappa shape index (κ2) is 6.97. The molecule has 0 spiro atoms. The first-order valence-corrected chi connectivity index (χ1v) is 11.2. The van der Waals surface area contributed by atoms with Gasteiger partial charge >= 0.3 is 0 Å². The highest BCUT2D eigenvalue weighted by Crippen LogP contribution is 2.42. The van der Waals surface area contributed by atoms with Crippen molar-refractivity contribution in [3.05, 3.63) is 52.0 Å². The lowest BCUT2D eigenvalue weighted by Crippen LogP contribution is -1.95. The summed E-state index contributed by atoms with van der Waals surface area (Å²) in [5.74, 6) is 3.29. The van der Waals surface area contributed by atoms with Crippen LogP contribution in [-0.2, 0) is 5.75 Å². The zero-order valence-corrected chi connectivity index (χ0v) is 17.7. The highest BCUT2D eigenvalue weighted by molar-refractivity contribution is 7.98. The van der Waals surface area contributed by atoms with Crippen molar-refractivity contribution in [3.8, 4) is 11.5 Å². The van der Waals surface area contributed by atoms with E-state index >= 15 is 0 Å². The number of aryl methyl sites for hydroxylation is 3. The third kappa shape index (κ3) is 3.33. The molecule has 7 heteroatoms. The maximum absolute atomic E-state index is 5.88. The van der Waals surface area contributed by atoms with Crippen molar-refractivity contribution in [1.82, 2.24) is 20.2 Å². The van der Waals surface area contributed by atoms with E-state index in [1.165, 1.54) is 34.2 Å². The first kappa shape index (κ1) is 17.8. The van der Waals surface area contributed by atoms with Crippen molar-refractivity contribution in [2.75, 3.05) is 0 Å². The highest BCUT2D eigenvalue weighted by Gasteiger charge is 2.28. The van der Waals surface area contributed by atoms with E-state index in [1.54, 1.807) is 23.1 Å². The van der Waals surface area contributed by atoms with E-state index in [-0.39, 0.29) is 0 Å². The van der Waals surface area contributed by atoms with E-state index < -0.39 is 0 Å². The molecule has 0 bridgehead atoms. The molecule has 0 N–H and O–H groups in total. The fourth-order valence-electron chi connectivity index (χ4n) is 3.11. The number of fused-ring (bicyclic) bond motifs is 1. The molecule has 0 radical (unpaired) electrons. The van der Waals surface area contributed by atoms with Crippen molar-refractivity contribution in [2.24, 2.45) is 0 Å². The van der Waals surface area contributed by atoms with Gasteiger partial charge in [-0.25, -0.2) is 9.97 Å². The zero-order valence-electron chi connectivity index (χ0n) is 16.0. The zero-order chi connectivity index (χ0) is 19.3. The van der Waals surface area contributed by atoms with Crippen molar-refractivity contribution < 1.29 is 4.42 Å². The molecule has 28 heavy (non-hydrogen) atoms. The SMILES string of the molecule is Cc1ccc(-c2nnc(CSc3nc(C4CC4)nc4sc(C)c(C)c34)o2)cc1. The molecule has 5 nitrogen and oxygen atoms in total.